The van der Waals surface area contributed by atoms with Gasteiger partial charge in [0.15, 0.2) is 0 Å². The maximum absolute atomic E-state index is 9.90. The van der Waals surface area contributed by atoms with Crippen molar-refractivity contribution in [2.75, 3.05) is 0 Å². The molecule has 1 aliphatic rings. The highest BCUT2D eigenvalue weighted by Gasteiger charge is 2.40. The first kappa shape index (κ1) is 8.06. The van der Waals surface area contributed by atoms with Crippen LogP contribution in [0.1, 0.15) is 46.5 Å². The van der Waals surface area contributed by atoms with Crippen molar-refractivity contribution in [1.82, 2.24) is 0 Å². The fourth-order valence-electron chi connectivity index (χ4n) is 1.64. The Morgan fingerprint density at radius 1 is 1.00 bits per heavy atom. The minimum absolute atomic E-state index is 0.130. The van der Waals surface area contributed by atoms with Gasteiger partial charge in [0.25, 0.3) is 0 Å². The van der Waals surface area contributed by atoms with Gasteiger partial charge < -0.3 is 5.11 Å². The zero-order valence-electron chi connectivity index (χ0n) is 7.28. The van der Waals surface area contributed by atoms with E-state index in [4.69, 9.17) is 0 Å². The average molecular weight is 142 g/mol. The Kier molecular flexibility index (Phi) is 1.80. The van der Waals surface area contributed by atoms with E-state index in [0.29, 0.717) is 0 Å². The van der Waals surface area contributed by atoms with Gasteiger partial charge in [-0.2, -0.15) is 0 Å². The second kappa shape index (κ2) is 2.23. The third kappa shape index (κ3) is 1.20. The van der Waals surface area contributed by atoms with Crippen molar-refractivity contribution >= 4 is 0 Å². The smallest absolute Gasteiger partial charge is 0.0670 e. The maximum Gasteiger partial charge on any atom is 0.0670 e. The Bertz CT molecular complexity index is 109. The van der Waals surface area contributed by atoms with Gasteiger partial charge >= 0.3 is 0 Å². The number of rotatable bonds is 0. The van der Waals surface area contributed by atoms with Gasteiger partial charge in [-0.3, -0.25) is 0 Å². The molecule has 0 aromatic carbocycles. The fraction of sp³-hybridized carbons (Fsp3) is 1.00. The van der Waals surface area contributed by atoms with Crippen LogP contribution in [0.25, 0.3) is 0 Å². The zero-order chi connectivity index (χ0) is 7.83. The van der Waals surface area contributed by atoms with Crippen molar-refractivity contribution < 1.29 is 5.11 Å². The second-order valence-electron chi connectivity index (χ2n) is 4.36. The molecule has 0 bridgehead atoms. The lowest BCUT2D eigenvalue weighted by molar-refractivity contribution is -0.0812. The van der Waals surface area contributed by atoms with E-state index in [1.54, 1.807) is 0 Å². The summed E-state index contributed by atoms with van der Waals surface area (Å²) in [7, 11) is 0. The first-order chi connectivity index (χ1) is 4.46. The van der Waals surface area contributed by atoms with Gasteiger partial charge in [0.1, 0.15) is 0 Å². The molecule has 60 valence electrons. The molecule has 0 saturated heterocycles. The second-order valence-corrected chi connectivity index (χ2v) is 4.36. The van der Waals surface area contributed by atoms with Crippen LogP contribution in [0.2, 0.25) is 0 Å². The molecule has 1 heteroatoms. The zero-order valence-corrected chi connectivity index (χ0v) is 7.28. The Hall–Kier alpha value is -0.0400. The highest BCUT2D eigenvalue weighted by Crippen LogP contribution is 2.43. The molecule has 1 aliphatic carbocycles. The third-order valence-electron chi connectivity index (χ3n) is 3.17. The number of hydrogen-bond donors (Lipinski definition) is 1. The van der Waals surface area contributed by atoms with E-state index in [1.165, 1.54) is 19.3 Å². The van der Waals surface area contributed by atoms with E-state index in [9.17, 15) is 5.11 Å². The molecule has 0 radical (unpaired) electrons. The van der Waals surface area contributed by atoms with Crippen LogP contribution in [-0.2, 0) is 0 Å². The van der Waals surface area contributed by atoms with Crippen LogP contribution in [-0.4, -0.2) is 10.7 Å². The third-order valence-corrected chi connectivity index (χ3v) is 3.17. The molecule has 0 heterocycles. The predicted octanol–water partition coefficient (Wildman–Crippen LogP) is 2.34. The van der Waals surface area contributed by atoms with Gasteiger partial charge in [-0.25, -0.2) is 0 Å². The van der Waals surface area contributed by atoms with Crippen LogP contribution in [0.3, 0.4) is 0 Å². The lowest BCUT2D eigenvalue weighted by Crippen LogP contribution is -2.44. The molecule has 0 aliphatic heterocycles. The normalized spacial score (nSPS) is 39.6. The molecular weight excluding hydrogens is 124 g/mol. The Balaban J connectivity index is 2.70. The first-order valence-electron chi connectivity index (χ1n) is 4.18. The van der Waals surface area contributed by atoms with Crippen molar-refractivity contribution in [3.8, 4) is 0 Å². The summed E-state index contributed by atoms with van der Waals surface area (Å²) in [6.07, 6.45) is 4.61. The fourth-order valence-corrected chi connectivity index (χ4v) is 1.64. The molecule has 1 N–H and O–H groups in total. The Labute approximate surface area is 63.4 Å². The summed E-state index contributed by atoms with van der Waals surface area (Å²) in [5.41, 5.74) is -0.295. The highest BCUT2D eigenvalue weighted by atomic mass is 16.3. The van der Waals surface area contributed by atoms with Crippen LogP contribution in [0.15, 0.2) is 0 Å². The topological polar surface area (TPSA) is 20.2 Å². The Morgan fingerprint density at radius 2 is 1.50 bits per heavy atom. The number of hydrogen-bond acceptors (Lipinski definition) is 1. The monoisotopic (exact) mass is 142 g/mol. The molecule has 1 rings (SSSR count). The van der Waals surface area contributed by atoms with Crippen molar-refractivity contribution in [3.63, 3.8) is 0 Å². The summed E-state index contributed by atoms with van der Waals surface area (Å²) >= 11 is 0. The molecule has 1 fully saturated rings. The molecule has 0 amide bonds. The van der Waals surface area contributed by atoms with Crippen molar-refractivity contribution in [3.05, 3.63) is 0 Å². The molecule has 1 atom stereocenters. The minimum atomic E-state index is -0.425. The van der Waals surface area contributed by atoms with E-state index in [2.05, 4.69) is 13.8 Å². The molecular formula is C9H18O. The van der Waals surface area contributed by atoms with Crippen LogP contribution in [0, 0.1) is 5.41 Å². The molecule has 1 nitrogen and oxygen atoms in total. The summed E-state index contributed by atoms with van der Waals surface area (Å²) in [6.45, 7) is 6.28. The SMILES string of the molecule is CC1(C)CCCC[C@]1(C)O. The van der Waals surface area contributed by atoms with Crippen LogP contribution < -0.4 is 0 Å². The largest absolute Gasteiger partial charge is 0.390 e. The molecule has 0 aromatic heterocycles. The lowest BCUT2D eigenvalue weighted by Gasteiger charge is -2.44. The van der Waals surface area contributed by atoms with Crippen LogP contribution in [0.4, 0.5) is 0 Å². The van der Waals surface area contributed by atoms with Gasteiger partial charge in [-0.15, -0.1) is 0 Å². The lowest BCUT2D eigenvalue weighted by atomic mass is 9.66. The van der Waals surface area contributed by atoms with Gasteiger partial charge in [0, 0.05) is 0 Å². The summed E-state index contributed by atoms with van der Waals surface area (Å²) < 4.78 is 0. The minimum Gasteiger partial charge on any atom is -0.390 e. The average Bonchev–Trinajstić information content (AvgIpc) is 1.77. The van der Waals surface area contributed by atoms with Crippen molar-refractivity contribution in [1.29, 1.82) is 0 Å². The van der Waals surface area contributed by atoms with Crippen molar-refractivity contribution in [2.45, 2.75) is 52.1 Å². The standard InChI is InChI=1S/C9H18O/c1-8(2)6-4-5-7-9(8,3)10/h10H,4-7H2,1-3H3/t9-/m0/s1. The van der Waals surface area contributed by atoms with Crippen LogP contribution in [0.5, 0.6) is 0 Å². The van der Waals surface area contributed by atoms with Gasteiger partial charge in [-0.05, 0) is 25.2 Å². The quantitative estimate of drug-likeness (QED) is 0.550. The van der Waals surface area contributed by atoms with Gasteiger partial charge in [0.2, 0.25) is 0 Å². The predicted molar refractivity (Wildman–Crippen MR) is 42.9 cm³/mol. The van der Waals surface area contributed by atoms with Crippen molar-refractivity contribution in [2.24, 2.45) is 5.41 Å². The molecule has 10 heavy (non-hydrogen) atoms. The molecule has 1 saturated carbocycles. The molecule has 0 aromatic rings. The first-order valence-corrected chi connectivity index (χ1v) is 4.18. The van der Waals surface area contributed by atoms with Gasteiger partial charge in [0.05, 0.1) is 5.60 Å². The molecule has 0 spiro atoms. The van der Waals surface area contributed by atoms with E-state index in [-0.39, 0.29) is 5.41 Å². The van der Waals surface area contributed by atoms with E-state index in [0.717, 1.165) is 6.42 Å². The van der Waals surface area contributed by atoms with Gasteiger partial charge in [-0.1, -0.05) is 26.7 Å². The Morgan fingerprint density at radius 3 is 1.80 bits per heavy atom. The van der Waals surface area contributed by atoms with Crippen LogP contribution >= 0.6 is 0 Å². The van der Waals surface area contributed by atoms with E-state index < -0.39 is 5.60 Å². The maximum atomic E-state index is 9.90. The summed E-state index contributed by atoms with van der Waals surface area (Å²) in [4.78, 5) is 0. The number of aliphatic hydroxyl groups is 1. The molecule has 0 unspecified atom stereocenters. The van der Waals surface area contributed by atoms with E-state index >= 15 is 0 Å². The summed E-state index contributed by atoms with van der Waals surface area (Å²) in [5, 5.41) is 9.90. The summed E-state index contributed by atoms with van der Waals surface area (Å²) in [6, 6.07) is 0. The summed E-state index contributed by atoms with van der Waals surface area (Å²) in [5.74, 6) is 0. The highest BCUT2D eigenvalue weighted by molar-refractivity contribution is 4.92. The van der Waals surface area contributed by atoms with E-state index in [1.807, 2.05) is 6.92 Å².